The minimum Gasteiger partial charge on any atom is -0.489 e. The van der Waals surface area contributed by atoms with Crippen molar-refractivity contribution >= 4 is 5.78 Å². The highest BCUT2D eigenvalue weighted by Crippen LogP contribution is 2.13. The summed E-state index contributed by atoms with van der Waals surface area (Å²) >= 11 is 0. The normalized spacial score (nSPS) is 10.2. The number of benzene rings is 1. The molecule has 104 valence electrons. The van der Waals surface area contributed by atoms with Crippen LogP contribution in [0.3, 0.4) is 0 Å². The van der Waals surface area contributed by atoms with Gasteiger partial charge in [0, 0.05) is 12.2 Å². The van der Waals surface area contributed by atoms with Crippen molar-refractivity contribution in [3.8, 4) is 5.75 Å². The average molecular weight is 263 g/mol. The van der Waals surface area contributed by atoms with Crippen molar-refractivity contribution in [2.75, 3.05) is 26.3 Å². The highest BCUT2D eigenvalue weighted by Gasteiger charge is 2.05. The second-order valence-corrected chi connectivity index (χ2v) is 4.45. The molecule has 0 aliphatic carbocycles. The summed E-state index contributed by atoms with van der Waals surface area (Å²) in [7, 11) is 0. The Morgan fingerprint density at radius 2 is 2.05 bits per heavy atom. The van der Waals surface area contributed by atoms with Crippen LogP contribution in [0.1, 0.15) is 23.7 Å². The van der Waals surface area contributed by atoms with Crippen molar-refractivity contribution in [3.05, 3.63) is 42.0 Å². The predicted molar refractivity (Wildman–Crippen MR) is 75.7 cm³/mol. The first kappa shape index (κ1) is 15.4. The number of carbonyl (C=O) groups excluding carboxylic acids is 1. The molecule has 0 aliphatic rings. The fourth-order valence-electron chi connectivity index (χ4n) is 1.45. The molecule has 1 aromatic rings. The summed E-state index contributed by atoms with van der Waals surface area (Å²) in [4.78, 5) is 11.8. The molecule has 1 rings (SSSR count). The Bertz CT molecular complexity index is 412. The summed E-state index contributed by atoms with van der Waals surface area (Å²) < 4.78 is 5.46. The van der Waals surface area contributed by atoms with Crippen LogP contribution in [-0.4, -0.2) is 37.2 Å². The molecule has 1 aromatic carbocycles. The Labute approximate surface area is 114 Å². The van der Waals surface area contributed by atoms with Crippen molar-refractivity contribution in [1.82, 2.24) is 5.32 Å². The van der Waals surface area contributed by atoms with Gasteiger partial charge in [0.15, 0.2) is 5.78 Å². The molecule has 0 radical (unpaired) electrons. The quantitative estimate of drug-likeness (QED) is 0.405. The van der Waals surface area contributed by atoms with Gasteiger partial charge in [-0.05, 0) is 49.7 Å². The van der Waals surface area contributed by atoms with E-state index in [1.807, 2.05) is 6.92 Å². The third kappa shape index (κ3) is 6.18. The molecule has 0 saturated heterocycles. The molecule has 0 aliphatic heterocycles. The zero-order chi connectivity index (χ0) is 14.1. The summed E-state index contributed by atoms with van der Waals surface area (Å²) in [6, 6.07) is 7.07. The summed E-state index contributed by atoms with van der Waals surface area (Å²) in [5, 5.41) is 11.6. The largest absolute Gasteiger partial charge is 0.489 e. The SMILES string of the molecule is C=C(C)COc1ccc(C(=O)CNCCCO)cc1. The molecule has 0 saturated carbocycles. The Hall–Kier alpha value is -1.65. The lowest BCUT2D eigenvalue weighted by Gasteiger charge is -2.07. The number of nitrogens with one attached hydrogen (secondary N) is 1. The van der Waals surface area contributed by atoms with Gasteiger partial charge in [-0.2, -0.15) is 0 Å². The lowest BCUT2D eigenvalue weighted by Crippen LogP contribution is -2.24. The number of Topliss-reactive ketones (excluding diaryl/α,β-unsaturated/α-hetero) is 1. The van der Waals surface area contributed by atoms with Crippen molar-refractivity contribution in [2.45, 2.75) is 13.3 Å². The second-order valence-electron chi connectivity index (χ2n) is 4.45. The lowest BCUT2D eigenvalue weighted by atomic mass is 10.1. The maximum atomic E-state index is 11.8. The van der Waals surface area contributed by atoms with Crippen LogP contribution in [0.25, 0.3) is 0 Å². The van der Waals surface area contributed by atoms with Crippen LogP contribution in [0, 0.1) is 0 Å². The van der Waals surface area contributed by atoms with Gasteiger partial charge in [-0.15, -0.1) is 0 Å². The first-order chi connectivity index (χ1) is 9.13. The molecule has 0 bridgehead atoms. The van der Waals surface area contributed by atoms with Gasteiger partial charge in [-0.1, -0.05) is 6.58 Å². The van der Waals surface area contributed by atoms with Crippen LogP contribution in [0.2, 0.25) is 0 Å². The van der Waals surface area contributed by atoms with E-state index in [4.69, 9.17) is 9.84 Å². The van der Waals surface area contributed by atoms with Crippen molar-refractivity contribution in [3.63, 3.8) is 0 Å². The van der Waals surface area contributed by atoms with Crippen LogP contribution in [0.4, 0.5) is 0 Å². The molecule has 0 fully saturated rings. The Balaban J connectivity index is 2.42. The summed E-state index contributed by atoms with van der Waals surface area (Å²) in [5.41, 5.74) is 1.60. The van der Waals surface area contributed by atoms with Crippen LogP contribution in [0.15, 0.2) is 36.4 Å². The maximum absolute atomic E-state index is 11.8. The Morgan fingerprint density at radius 3 is 2.63 bits per heavy atom. The number of hydrogen-bond acceptors (Lipinski definition) is 4. The van der Waals surface area contributed by atoms with Crippen LogP contribution in [0.5, 0.6) is 5.75 Å². The van der Waals surface area contributed by atoms with Gasteiger partial charge >= 0.3 is 0 Å². The van der Waals surface area contributed by atoms with Gasteiger partial charge < -0.3 is 15.2 Å². The summed E-state index contributed by atoms with van der Waals surface area (Å²) in [5.74, 6) is 0.761. The number of aliphatic hydroxyl groups is 1. The molecule has 4 heteroatoms. The number of ketones is 1. The highest BCUT2D eigenvalue weighted by molar-refractivity contribution is 5.97. The van der Waals surface area contributed by atoms with E-state index in [9.17, 15) is 4.79 Å². The fraction of sp³-hybridized carbons (Fsp3) is 0.400. The van der Waals surface area contributed by atoms with Gasteiger partial charge in [0.25, 0.3) is 0 Å². The van der Waals surface area contributed by atoms with Gasteiger partial charge in [-0.25, -0.2) is 0 Å². The van der Waals surface area contributed by atoms with E-state index in [-0.39, 0.29) is 18.9 Å². The first-order valence-corrected chi connectivity index (χ1v) is 6.35. The van der Waals surface area contributed by atoms with Crippen molar-refractivity contribution in [2.24, 2.45) is 0 Å². The molecule has 4 nitrogen and oxygen atoms in total. The highest BCUT2D eigenvalue weighted by atomic mass is 16.5. The third-order valence-corrected chi connectivity index (χ3v) is 2.46. The van der Waals surface area contributed by atoms with E-state index in [0.29, 0.717) is 25.1 Å². The van der Waals surface area contributed by atoms with Gasteiger partial charge in [0.05, 0.1) is 6.54 Å². The summed E-state index contributed by atoms with van der Waals surface area (Å²) in [6.07, 6.45) is 0.654. The first-order valence-electron chi connectivity index (χ1n) is 6.35. The second kappa shape index (κ2) is 8.45. The van der Waals surface area contributed by atoms with E-state index < -0.39 is 0 Å². The number of hydrogen-bond donors (Lipinski definition) is 2. The maximum Gasteiger partial charge on any atom is 0.176 e. The molecule has 19 heavy (non-hydrogen) atoms. The molecule has 2 N–H and O–H groups in total. The number of rotatable bonds is 9. The van der Waals surface area contributed by atoms with Gasteiger partial charge in [0.1, 0.15) is 12.4 Å². The van der Waals surface area contributed by atoms with Gasteiger partial charge in [0.2, 0.25) is 0 Å². The molecule has 0 aromatic heterocycles. The lowest BCUT2D eigenvalue weighted by molar-refractivity contribution is 0.0990. The number of carbonyl (C=O) groups is 1. The molecule has 0 atom stereocenters. The minimum atomic E-state index is 0.0318. The Kier molecular flexibility index (Phi) is 6.85. The fourth-order valence-corrected chi connectivity index (χ4v) is 1.45. The standard InChI is InChI=1S/C15H21NO3/c1-12(2)11-19-14-6-4-13(5-7-14)15(18)10-16-8-3-9-17/h4-7,16-17H,1,3,8-11H2,2H3. The molecular formula is C15H21NO3. The number of ether oxygens (including phenoxy) is 1. The van der Waals surface area contributed by atoms with Crippen molar-refractivity contribution in [1.29, 1.82) is 0 Å². The van der Waals surface area contributed by atoms with E-state index in [2.05, 4.69) is 11.9 Å². The molecule has 0 amide bonds. The average Bonchev–Trinajstić information content (AvgIpc) is 2.41. The summed E-state index contributed by atoms with van der Waals surface area (Å²) in [6.45, 7) is 7.20. The number of aliphatic hydroxyl groups excluding tert-OH is 1. The monoisotopic (exact) mass is 263 g/mol. The van der Waals surface area contributed by atoms with E-state index in [1.165, 1.54) is 0 Å². The van der Waals surface area contributed by atoms with Crippen LogP contribution in [-0.2, 0) is 0 Å². The zero-order valence-corrected chi connectivity index (χ0v) is 11.3. The van der Waals surface area contributed by atoms with Crippen molar-refractivity contribution < 1.29 is 14.6 Å². The minimum absolute atomic E-state index is 0.0318. The smallest absolute Gasteiger partial charge is 0.176 e. The molecule has 0 heterocycles. The van der Waals surface area contributed by atoms with E-state index in [0.717, 1.165) is 11.3 Å². The van der Waals surface area contributed by atoms with E-state index in [1.54, 1.807) is 24.3 Å². The molecule has 0 spiro atoms. The predicted octanol–water partition coefficient (Wildman–Crippen LogP) is 1.80. The van der Waals surface area contributed by atoms with Crippen LogP contribution < -0.4 is 10.1 Å². The topological polar surface area (TPSA) is 58.6 Å². The van der Waals surface area contributed by atoms with Crippen LogP contribution >= 0.6 is 0 Å². The zero-order valence-electron chi connectivity index (χ0n) is 11.3. The molecule has 0 unspecified atom stereocenters. The van der Waals surface area contributed by atoms with E-state index >= 15 is 0 Å². The third-order valence-electron chi connectivity index (χ3n) is 2.46. The van der Waals surface area contributed by atoms with Gasteiger partial charge in [-0.3, -0.25) is 4.79 Å². The molecular weight excluding hydrogens is 242 g/mol. The Morgan fingerprint density at radius 1 is 1.37 bits per heavy atom.